The van der Waals surface area contributed by atoms with E-state index in [1.165, 1.54) is 0 Å². The number of ketones is 1. The van der Waals surface area contributed by atoms with Gasteiger partial charge < -0.3 is 14.0 Å². The number of carbonyl (C=O) groups excluding carboxylic acids is 1. The molecule has 6 nitrogen and oxygen atoms in total. The fraction of sp³-hybridized carbons (Fsp3) is 0.786. The van der Waals surface area contributed by atoms with Crippen LogP contribution in [0.25, 0.3) is 0 Å². The summed E-state index contributed by atoms with van der Waals surface area (Å²) in [6.07, 6.45) is 2.12. The smallest absolute Gasteiger partial charge is 0.234 e. The molecule has 1 aromatic heterocycles. The lowest BCUT2D eigenvalue weighted by molar-refractivity contribution is -0.119. The molecule has 0 bridgehead atoms. The molecule has 0 unspecified atom stereocenters. The lowest BCUT2D eigenvalue weighted by Gasteiger charge is -2.32. The first-order chi connectivity index (χ1) is 9.55. The van der Waals surface area contributed by atoms with E-state index in [1.807, 2.05) is 13.8 Å². The van der Waals surface area contributed by atoms with Gasteiger partial charge in [-0.2, -0.15) is 4.98 Å². The molecule has 1 aliphatic heterocycles. The molecule has 6 heteroatoms. The van der Waals surface area contributed by atoms with Gasteiger partial charge in [-0.3, -0.25) is 4.79 Å². The number of methoxy groups -OCH3 is 1. The van der Waals surface area contributed by atoms with E-state index in [-0.39, 0.29) is 12.2 Å². The molecule has 0 saturated carbocycles. The number of nitrogens with zero attached hydrogens (tertiary/aromatic N) is 2. The van der Waals surface area contributed by atoms with Crippen molar-refractivity contribution in [1.29, 1.82) is 0 Å². The molecule has 0 atom stereocenters. The van der Waals surface area contributed by atoms with Gasteiger partial charge in [0.1, 0.15) is 11.4 Å². The second-order valence-corrected chi connectivity index (χ2v) is 5.64. The van der Waals surface area contributed by atoms with Gasteiger partial charge in [0.2, 0.25) is 11.7 Å². The van der Waals surface area contributed by atoms with Crippen LogP contribution in [0.2, 0.25) is 0 Å². The van der Waals surface area contributed by atoms with Crippen LogP contribution in [-0.4, -0.2) is 36.2 Å². The number of hydrogen-bond donors (Lipinski definition) is 0. The zero-order chi connectivity index (χ0) is 14.6. The van der Waals surface area contributed by atoms with Gasteiger partial charge in [0, 0.05) is 39.6 Å². The zero-order valence-electron chi connectivity index (χ0n) is 12.3. The molecule has 112 valence electrons. The Morgan fingerprint density at radius 2 is 2.10 bits per heavy atom. The first-order valence-corrected chi connectivity index (χ1v) is 7.03. The Bertz CT molecular complexity index is 450. The van der Waals surface area contributed by atoms with Crippen molar-refractivity contribution in [1.82, 2.24) is 10.1 Å². The largest absolute Gasteiger partial charge is 0.381 e. The van der Waals surface area contributed by atoms with E-state index in [9.17, 15) is 4.79 Å². The fourth-order valence-electron chi connectivity index (χ4n) is 2.43. The minimum atomic E-state index is -0.541. The maximum absolute atomic E-state index is 11.8. The van der Waals surface area contributed by atoms with E-state index >= 15 is 0 Å². The maximum Gasteiger partial charge on any atom is 0.234 e. The van der Waals surface area contributed by atoms with E-state index in [0.717, 1.165) is 0 Å². The van der Waals surface area contributed by atoms with E-state index in [4.69, 9.17) is 14.0 Å². The SMILES string of the molecule is COC1(c2noc(CC(=O)CC(C)C)n2)CCOCC1. The van der Waals surface area contributed by atoms with Gasteiger partial charge in [0.05, 0.1) is 6.42 Å². The van der Waals surface area contributed by atoms with Crippen molar-refractivity contribution in [2.75, 3.05) is 20.3 Å². The van der Waals surface area contributed by atoms with Crippen molar-refractivity contribution in [3.63, 3.8) is 0 Å². The molecule has 20 heavy (non-hydrogen) atoms. The topological polar surface area (TPSA) is 74.5 Å². The minimum Gasteiger partial charge on any atom is -0.381 e. The molecule has 1 saturated heterocycles. The highest BCUT2D eigenvalue weighted by Crippen LogP contribution is 2.33. The summed E-state index contributed by atoms with van der Waals surface area (Å²) in [6, 6.07) is 0. The van der Waals surface area contributed by atoms with Gasteiger partial charge in [-0.25, -0.2) is 0 Å². The Balaban J connectivity index is 2.05. The summed E-state index contributed by atoms with van der Waals surface area (Å²) >= 11 is 0. The Labute approximate surface area is 118 Å². The zero-order valence-corrected chi connectivity index (χ0v) is 12.3. The summed E-state index contributed by atoms with van der Waals surface area (Å²) in [7, 11) is 1.64. The quantitative estimate of drug-likeness (QED) is 0.793. The van der Waals surface area contributed by atoms with Gasteiger partial charge >= 0.3 is 0 Å². The van der Waals surface area contributed by atoms with Gasteiger partial charge in [0.15, 0.2) is 0 Å². The number of carbonyl (C=O) groups is 1. The minimum absolute atomic E-state index is 0.119. The van der Waals surface area contributed by atoms with Crippen LogP contribution in [-0.2, 0) is 26.3 Å². The average Bonchev–Trinajstić information content (AvgIpc) is 2.87. The predicted octanol–water partition coefficient (Wildman–Crippen LogP) is 1.88. The van der Waals surface area contributed by atoms with Crippen molar-refractivity contribution in [3.8, 4) is 0 Å². The Kier molecular flexibility index (Phi) is 4.88. The molecule has 0 amide bonds. The highest BCUT2D eigenvalue weighted by molar-refractivity contribution is 5.80. The standard InChI is InChI=1S/C14H22N2O4/c1-10(2)8-11(17)9-12-15-13(16-20-12)14(18-3)4-6-19-7-5-14/h10H,4-9H2,1-3H3. The second-order valence-electron chi connectivity index (χ2n) is 5.64. The van der Waals surface area contributed by atoms with Crippen LogP contribution in [0.3, 0.4) is 0 Å². The van der Waals surface area contributed by atoms with Crippen LogP contribution < -0.4 is 0 Å². The van der Waals surface area contributed by atoms with E-state index in [1.54, 1.807) is 7.11 Å². The third-order valence-electron chi connectivity index (χ3n) is 3.55. The monoisotopic (exact) mass is 282 g/mol. The van der Waals surface area contributed by atoms with E-state index < -0.39 is 5.60 Å². The third kappa shape index (κ3) is 3.43. The van der Waals surface area contributed by atoms with Crippen molar-refractivity contribution < 1.29 is 18.8 Å². The fourth-order valence-corrected chi connectivity index (χ4v) is 2.43. The van der Waals surface area contributed by atoms with Crippen molar-refractivity contribution in [3.05, 3.63) is 11.7 Å². The van der Waals surface area contributed by atoms with Crippen LogP contribution in [0.5, 0.6) is 0 Å². The Morgan fingerprint density at radius 1 is 1.40 bits per heavy atom. The molecule has 1 aromatic rings. The van der Waals surface area contributed by atoms with Crippen molar-refractivity contribution >= 4 is 5.78 Å². The lowest BCUT2D eigenvalue weighted by Crippen LogP contribution is -2.36. The average molecular weight is 282 g/mol. The molecule has 1 fully saturated rings. The van der Waals surface area contributed by atoms with Crippen LogP contribution in [0, 0.1) is 5.92 Å². The van der Waals surface area contributed by atoms with Gasteiger partial charge in [-0.1, -0.05) is 19.0 Å². The summed E-state index contributed by atoms with van der Waals surface area (Å²) in [4.78, 5) is 16.1. The summed E-state index contributed by atoms with van der Waals surface area (Å²) < 4.78 is 16.1. The summed E-state index contributed by atoms with van der Waals surface area (Å²) in [5, 5.41) is 4.00. The van der Waals surface area contributed by atoms with Crippen LogP contribution >= 0.6 is 0 Å². The third-order valence-corrected chi connectivity index (χ3v) is 3.55. The van der Waals surface area contributed by atoms with Gasteiger partial charge in [-0.05, 0) is 5.92 Å². The van der Waals surface area contributed by atoms with Gasteiger partial charge in [-0.15, -0.1) is 0 Å². The van der Waals surface area contributed by atoms with Crippen molar-refractivity contribution in [2.45, 2.75) is 45.1 Å². The number of Topliss-reactive ketones (excluding diaryl/α,β-unsaturated/α-hetero) is 1. The molecular weight excluding hydrogens is 260 g/mol. The van der Waals surface area contributed by atoms with Crippen molar-refractivity contribution in [2.24, 2.45) is 5.92 Å². The normalized spacial score (nSPS) is 18.4. The number of aromatic nitrogens is 2. The molecule has 0 N–H and O–H groups in total. The Hall–Kier alpha value is -1.27. The summed E-state index contributed by atoms with van der Waals surface area (Å²) in [6.45, 7) is 5.26. The molecule has 0 aliphatic carbocycles. The van der Waals surface area contributed by atoms with Crippen LogP contribution in [0.1, 0.15) is 44.8 Å². The summed E-state index contributed by atoms with van der Waals surface area (Å²) in [5.41, 5.74) is -0.541. The maximum atomic E-state index is 11.8. The first-order valence-electron chi connectivity index (χ1n) is 7.03. The molecule has 2 rings (SSSR count). The first kappa shape index (κ1) is 15.1. The van der Waals surface area contributed by atoms with E-state index in [2.05, 4.69) is 10.1 Å². The molecule has 0 spiro atoms. The molecule has 2 heterocycles. The number of hydrogen-bond acceptors (Lipinski definition) is 6. The molecular formula is C14H22N2O4. The second kappa shape index (κ2) is 6.45. The highest BCUT2D eigenvalue weighted by atomic mass is 16.5. The number of ether oxygens (including phenoxy) is 2. The van der Waals surface area contributed by atoms with Gasteiger partial charge in [0.25, 0.3) is 0 Å². The summed E-state index contributed by atoms with van der Waals surface area (Å²) in [5.74, 6) is 1.35. The Morgan fingerprint density at radius 3 is 2.70 bits per heavy atom. The molecule has 0 aromatic carbocycles. The van der Waals surface area contributed by atoms with Crippen LogP contribution in [0.4, 0.5) is 0 Å². The molecule has 0 radical (unpaired) electrons. The van der Waals surface area contributed by atoms with E-state index in [0.29, 0.717) is 50.1 Å². The predicted molar refractivity (Wildman–Crippen MR) is 71.2 cm³/mol. The van der Waals surface area contributed by atoms with Crippen LogP contribution in [0.15, 0.2) is 4.52 Å². The molecule has 1 aliphatic rings. The highest BCUT2D eigenvalue weighted by Gasteiger charge is 2.39. The number of rotatable bonds is 6. The lowest BCUT2D eigenvalue weighted by atomic mass is 9.93.